The summed E-state index contributed by atoms with van der Waals surface area (Å²) in [5.41, 5.74) is 6.70. The second kappa shape index (κ2) is 6.81. The van der Waals surface area contributed by atoms with Gasteiger partial charge in [-0.1, -0.05) is 12.1 Å². The third-order valence-electron chi connectivity index (χ3n) is 2.68. The van der Waals surface area contributed by atoms with Crippen molar-refractivity contribution in [2.24, 2.45) is 5.73 Å². The Kier molecular flexibility index (Phi) is 5.40. The SMILES string of the molecule is NC(=O)c1ccc[n+](Cc2cccc(C(=O)O)c2)c1.[Br-]. The van der Waals surface area contributed by atoms with Crippen LogP contribution in [0.2, 0.25) is 0 Å². The van der Waals surface area contributed by atoms with E-state index >= 15 is 0 Å². The number of aromatic carboxylic acids is 1. The minimum Gasteiger partial charge on any atom is -1.00 e. The minimum atomic E-state index is -0.960. The normalized spacial score (nSPS) is 9.60. The van der Waals surface area contributed by atoms with Crippen LogP contribution in [0.4, 0.5) is 0 Å². The van der Waals surface area contributed by atoms with Crippen molar-refractivity contribution in [3.8, 4) is 0 Å². The molecule has 2 aromatic rings. The molecule has 0 aliphatic rings. The number of rotatable bonds is 4. The van der Waals surface area contributed by atoms with E-state index in [0.29, 0.717) is 12.1 Å². The van der Waals surface area contributed by atoms with E-state index in [1.807, 2.05) is 6.07 Å². The van der Waals surface area contributed by atoms with Crippen molar-refractivity contribution in [3.05, 3.63) is 65.5 Å². The lowest BCUT2D eigenvalue weighted by Gasteiger charge is -2.00. The number of primary amides is 1. The van der Waals surface area contributed by atoms with Crippen molar-refractivity contribution in [2.75, 3.05) is 0 Å². The van der Waals surface area contributed by atoms with E-state index in [9.17, 15) is 9.59 Å². The average Bonchev–Trinajstić information content (AvgIpc) is 2.39. The fourth-order valence-electron chi connectivity index (χ4n) is 1.78. The molecule has 0 fully saturated rings. The second-order valence-corrected chi connectivity index (χ2v) is 4.13. The average molecular weight is 337 g/mol. The van der Waals surface area contributed by atoms with Gasteiger partial charge in [-0.3, -0.25) is 4.79 Å². The van der Waals surface area contributed by atoms with Crippen LogP contribution in [0.25, 0.3) is 0 Å². The van der Waals surface area contributed by atoms with Crippen LogP contribution in [0.15, 0.2) is 48.8 Å². The largest absolute Gasteiger partial charge is 1.00 e. The van der Waals surface area contributed by atoms with Crippen molar-refractivity contribution in [3.63, 3.8) is 0 Å². The van der Waals surface area contributed by atoms with Gasteiger partial charge in [0.25, 0.3) is 5.91 Å². The predicted octanol–water partition coefficient (Wildman–Crippen LogP) is -2.18. The Bertz CT molecular complexity index is 588. The number of amides is 1. The fourth-order valence-corrected chi connectivity index (χ4v) is 1.78. The number of carboxylic acids is 1. The summed E-state index contributed by atoms with van der Waals surface area (Å²) in [6.07, 6.45) is 3.43. The summed E-state index contributed by atoms with van der Waals surface area (Å²) in [4.78, 5) is 22.0. The van der Waals surface area contributed by atoms with Gasteiger partial charge in [0.2, 0.25) is 0 Å². The topological polar surface area (TPSA) is 84.3 Å². The Labute approximate surface area is 126 Å². The molecule has 0 aliphatic heterocycles. The van der Waals surface area contributed by atoms with E-state index in [-0.39, 0.29) is 22.5 Å². The Balaban J connectivity index is 0.00000200. The number of nitrogens with two attached hydrogens (primary N) is 1. The molecule has 1 aromatic carbocycles. The van der Waals surface area contributed by atoms with Gasteiger partial charge in [0, 0.05) is 11.6 Å². The fraction of sp³-hybridized carbons (Fsp3) is 0.0714. The summed E-state index contributed by atoms with van der Waals surface area (Å²) in [5, 5.41) is 8.92. The van der Waals surface area contributed by atoms with Gasteiger partial charge in [-0.15, -0.1) is 0 Å². The molecule has 6 heteroatoms. The number of halogens is 1. The molecule has 0 saturated carbocycles. The van der Waals surface area contributed by atoms with Crippen LogP contribution in [0.1, 0.15) is 26.3 Å². The first-order valence-corrected chi connectivity index (χ1v) is 5.67. The molecule has 0 atom stereocenters. The number of benzene rings is 1. The van der Waals surface area contributed by atoms with Crippen molar-refractivity contribution >= 4 is 11.9 Å². The van der Waals surface area contributed by atoms with Crippen LogP contribution in [-0.2, 0) is 6.54 Å². The summed E-state index contributed by atoms with van der Waals surface area (Å²) in [6.45, 7) is 0.474. The van der Waals surface area contributed by atoms with Crippen LogP contribution in [-0.4, -0.2) is 17.0 Å². The molecule has 5 nitrogen and oxygen atoms in total. The van der Waals surface area contributed by atoms with Gasteiger partial charge in [0.05, 0.1) is 5.56 Å². The number of pyridine rings is 1. The third kappa shape index (κ3) is 3.89. The molecule has 1 aromatic heterocycles. The zero-order chi connectivity index (χ0) is 13.8. The predicted molar refractivity (Wildman–Crippen MR) is 67.7 cm³/mol. The molecular formula is C14H13BrN2O3. The van der Waals surface area contributed by atoms with E-state index in [0.717, 1.165) is 5.56 Å². The van der Waals surface area contributed by atoms with Gasteiger partial charge in [-0.05, 0) is 18.2 Å². The zero-order valence-corrected chi connectivity index (χ0v) is 12.1. The van der Waals surface area contributed by atoms with E-state index in [1.54, 1.807) is 41.2 Å². The number of aromatic nitrogens is 1. The number of carbonyl (C=O) groups is 2. The van der Waals surface area contributed by atoms with Gasteiger partial charge >= 0.3 is 5.97 Å². The Morgan fingerprint density at radius 1 is 1.15 bits per heavy atom. The molecule has 0 saturated heterocycles. The maximum atomic E-state index is 11.1. The van der Waals surface area contributed by atoms with Crippen LogP contribution in [0.5, 0.6) is 0 Å². The molecule has 1 amide bonds. The number of carbonyl (C=O) groups excluding carboxylic acids is 1. The highest BCUT2D eigenvalue weighted by Gasteiger charge is 2.09. The minimum absolute atomic E-state index is 0. The van der Waals surface area contributed by atoms with Crippen molar-refractivity contribution in [1.82, 2.24) is 0 Å². The first-order chi connectivity index (χ1) is 9.06. The number of carboxylic acid groups (broad SMARTS) is 1. The van der Waals surface area contributed by atoms with Crippen molar-refractivity contribution < 1.29 is 36.2 Å². The number of nitrogens with zero attached hydrogens (tertiary/aromatic N) is 1. The van der Waals surface area contributed by atoms with Crippen molar-refractivity contribution in [2.45, 2.75) is 6.54 Å². The summed E-state index contributed by atoms with van der Waals surface area (Å²) in [6, 6.07) is 10.0. The monoisotopic (exact) mass is 336 g/mol. The Morgan fingerprint density at radius 3 is 2.50 bits per heavy atom. The summed E-state index contributed by atoms with van der Waals surface area (Å²) >= 11 is 0. The molecule has 104 valence electrons. The Hall–Kier alpha value is -2.21. The molecule has 2 rings (SSSR count). The number of hydrogen-bond donors (Lipinski definition) is 2. The van der Waals surface area contributed by atoms with Crippen LogP contribution < -0.4 is 27.3 Å². The molecular weight excluding hydrogens is 324 g/mol. The van der Waals surface area contributed by atoms with E-state index in [2.05, 4.69) is 0 Å². The molecule has 0 radical (unpaired) electrons. The molecule has 0 spiro atoms. The third-order valence-corrected chi connectivity index (χ3v) is 2.68. The molecule has 3 N–H and O–H groups in total. The first kappa shape index (κ1) is 15.8. The smallest absolute Gasteiger partial charge is 0.335 e. The standard InChI is InChI=1S/C14H12N2O3.BrH/c15-13(17)12-5-2-6-16(9-12)8-10-3-1-4-11(7-10)14(18)19;/h1-7,9H,8H2,(H2-,15,17,18,19);1H. The lowest BCUT2D eigenvalue weighted by molar-refractivity contribution is -0.688. The maximum absolute atomic E-state index is 11.1. The van der Waals surface area contributed by atoms with Gasteiger partial charge in [-0.2, -0.15) is 4.57 Å². The molecule has 20 heavy (non-hydrogen) atoms. The zero-order valence-electron chi connectivity index (χ0n) is 10.5. The van der Waals surface area contributed by atoms with E-state index in [1.165, 1.54) is 6.07 Å². The highest BCUT2D eigenvalue weighted by Crippen LogP contribution is 2.05. The highest BCUT2D eigenvalue weighted by molar-refractivity contribution is 5.92. The molecule has 1 heterocycles. The Morgan fingerprint density at radius 2 is 1.85 bits per heavy atom. The van der Waals surface area contributed by atoms with Gasteiger partial charge in [0.15, 0.2) is 18.9 Å². The van der Waals surface area contributed by atoms with Crippen LogP contribution >= 0.6 is 0 Å². The van der Waals surface area contributed by atoms with Crippen molar-refractivity contribution in [1.29, 1.82) is 0 Å². The lowest BCUT2D eigenvalue weighted by Crippen LogP contribution is -3.00. The lowest BCUT2D eigenvalue weighted by atomic mass is 10.1. The first-order valence-electron chi connectivity index (χ1n) is 5.67. The van der Waals surface area contributed by atoms with E-state index in [4.69, 9.17) is 10.8 Å². The molecule has 0 unspecified atom stereocenters. The van der Waals surface area contributed by atoms with Gasteiger partial charge in [0.1, 0.15) is 5.56 Å². The summed E-state index contributed by atoms with van der Waals surface area (Å²) in [5.74, 6) is -1.45. The summed E-state index contributed by atoms with van der Waals surface area (Å²) < 4.78 is 1.78. The van der Waals surface area contributed by atoms with Gasteiger partial charge in [-0.25, -0.2) is 4.79 Å². The van der Waals surface area contributed by atoms with E-state index < -0.39 is 11.9 Å². The quantitative estimate of drug-likeness (QED) is 0.623. The van der Waals surface area contributed by atoms with Crippen LogP contribution in [0.3, 0.4) is 0 Å². The highest BCUT2D eigenvalue weighted by atomic mass is 79.9. The molecule has 0 aliphatic carbocycles. The van der Waals surface area contributed by atoms with Gasteiger partial charge < -0.3 is 27.8 Å². The maximum Gasteiger partial charge on any atom is 0.335 e. The molecule has 0 bridgehead atoms. The number of hydrogen-bond acceptors (Lipinski definition) is 2. The summed E-state index contributed by atoms with van der Waals surface area (Å²) in [7, 11) is 0. The second-order valence-electron chi connectivity index (χ2n) is 4.13. The van der Waals surface area contributed by atoms with Crippen LogP contribution in [0, 0.1) is 0 Å².